The van der Waals surface area contributed by atoms with Gasteiger partial charge in [-0.3, -0.25) is 4.57 Å². The van der Waals surface area contributed by atoms with Gasteiger partial charge in [-0.2, -0.15) is 5.26 Å². The molecule has 8 heteroatoms. The van der Waals surface area contributed by atoms with Gasteiger partial charge in [-0.05, 0) is 37.7 Å². The maximum absolute atomic E-state index is 11.6. The van der Waals surface area contributed by atoms with Crippen LogP contribution in [0.3, 0.4) is 0 Å². The maximum Gasteiger partial charge on any atom is 0.344 e. The van der Waals surface area contributed by atoms with Crippen LogP contribution in [-0.2, 0) is 0 Å². The first-order chi connectivity index (χ1) is 9.01. The van der Waals surface area contributed by atoms with Gasteiger partial charge in [0.2, 0.25) is 0 Å². The summed E-state index contributed by atoms with van der Waals surface area (Å²) in [6.45, 7) is 3.76. The molecule has 1 N–H and O–H groups in total. The van der Waals surface area contributed by atoms with Crippen LogP contribution in [0.1, 0.15) is 25.5 Å². The quantitative estimate of drug-likeness (QED) is 0.877. The molecule has 0 aliphatic rings. The summed E-state index contributed by atoms with van der Waals surface area (Å²) in [5.41, 5.74) is 0.136. The molecule has 0 fully saturated rings. The fourth-order valence-electron chi connectivity index (χ4n) is 1.50. The number of rotatable bonds is 3. The first-order valence-corrected chi connectivity index (χ1v) is 6.63. The Hall–Kier alpha value is -1.78. The SMILES string of the molecule is CC(C)n1c(Sc2cc(C#N)cc(Cl)n2)n[nH]c1=O. The predicted molar refractivity (Wildman–Crippen MR) is 71.3 cm³/mol. The van der Waals surface area contributed by atoms with E-state index in [1.165, 1.54) is 22.4 Å². The average Bonchev–Trinajstić information content (AvgIpc) is 2.69. The molecule has 0 saturated heterocycles. The van der Waals surface area contributed by atoms with E-state index >= 15 is 0 Å². The lowest BCUT2D eigenvalue weighted by atomic mass is 10.3. The van der Waals surface area contributed by atoms with E-state index in [9.17, 15) is 4.79 Å². The van der Waals surface area contributed by atoms with Gasteiger partial charge in [0.25, 0.3) is 0 Å². The summed E-state index contributed by atoms with van der Waals surface area (Å²) < 4.78 is 1.51. The van der Waals surface area contributed by atoms with E-state index < -0.39 is 0 Å². The summed E-state index contributed by atoms with van der Waals surface area (Å²) in [5.74, 6) is 0. The minimum absolute atomic E-state index is 0.0247. The number of nitrogens with one attached hydrogen (secondary N) is 1. The molecule has 0 aliphatic heterocycles. The van der Waals surface area contributed by atoms with Gasteiger partial charge in [0.1, 0.15) is 10.2 Å². The lowest BCUT2D eigenvalue weighted by molar-refractivity contribution is 0.534. The van der Waals surface area contributed by atoms with E-state index in [0.29, 0.717) is 15.7 Å². The lowest BCUT2D eigenvalue weighted by Gasteiger charge is -2.08. The predicted octanol–water partition coefficient (Wildman–Crippen LogP) is 2.22. The number of hydrogen-bond acceptors (Lipinski definition) is 5. The number of hydrogen-bond donors (Lipinski definition) is 1. The van der Waals surface area contributed by atoms with Gasteiger partial charge in [0.15, 0.2) is 5.16 Å². The van der Waals surface area contributed by atoms with Crippen molar-refractivity contribution in [1.82, 2.24) is 19.7 Å². The van der Waals surface area contributed by atoms with E-state index in [2.05, 4.69) is 15.2 Å². The Labute approximate surface area is 118 Å². The number of nitriles is 1. The second-order valence-corrected chi connectivity index (χ2v) is 5.38. The van der Waals surface area contributed by atoms with Gasteiger partial charge in [-0.25, -0.2) is 14.9 Å². The summed E-state index contributed by atoms with van der Waals surface area (Å²) in [6, 6.07) is 5.05. The van der Waals surface area contributed by atoms with Crippen LogP contribution in [0.4, 0.5) is 0 Å². The molecule has 98 valence electrons. The summed E-state index contributed by atoms with van der Waals surface area (Å²) in [4.78, 5) is 15.7. The summed E-state index contributed by atoms with van der Waals surface area (Å²) in [7, 11) is 0. The van der Waals surface area contributed by atoms with Gasteiger partial charge in [0, 0.05) is 6.04 Å². The first kappa shape index (κ1) is 13.6. The van der Waals surface area contributed by atoms with Crippen molar-refractivity contribution in [2.24, 2.45) is 0 Å². The maximum atomic E-state index is 11.6. The van der Waals surface area contributed by atoms with Crippen molar-refractivity contribution in [3.05, 3.63) is 33.3 Å². The van der Waals surface area contributed by atoms with Crippen LogP contribution in [-0.4, -0.2) is 19.7 Å². The highest BCUT2D eigenvalue weighted by Gasteiger charge is 2.14. The molecule has 0 aliphatic carbocycles. The van der Waals surface area contributed by atoms with Crippen LogP contribution in [0.2, 0.25) is 5.15 Å². The van der Waals surface area contributed by atoms with Crippen molar-refractivity contribution in [2.45, 2.75) is 30.1 Å². The normalized spacial score (nSPS) is 10.7. The molecule has 0 atom stereocenters. The smallest absolute Gasteiger partial charge is 0.267 e. The highest BCUT2D eigenvalue weighted by Crippen LogP contribution is 2.26. The van der Waals surface area contributed by atoms with E-state index in [0.717, 1.165) is 0 Å². The number of aromatic nitrogens is 4. The largest absolute Gasteiger partial charge is 0.344 e. The van der Waals surface area contributed by atoms with E-state index in [-0.39, 0.29) is 16.9 Å². The Morgan fingerprint density at radius 1 is 1.53 bits per heavy atom. The van der Waals surface area contributed by atoms with Crippen LogP contribution in [0.15, 0.2) is 27.1 Å². The number of halogens is 1. The first-order valence-electron chi connectivity index (χ1n) is 5.43. The molecular weight excluding hydrogens is 286 g/mol. The highest BCUT2D eigenvalue weighted by molar-refractivity contribution is 7.99. The fourth-order valence-corrected chi connectivity index (χ4v) is 2.76. The third-order valence-electron chi connectivity index (χ3n) is 2.28. The van der Waals surface area contributed by atoms with Crippen LogP contribution >= 0.6 is 23.4 Å². The molecule has 2 heterocycles. The Morgan fingerprint density at radius 2 is 2.26 bits per heavy atom. The summed E-state index contributed by atoms with van der Waals surface area (Å²) in [6.07, 6.45) is 0. The van der Waals surface area contributed by atoms with Crippen molar-refractivity contribution in [1.29, 1.82) is 5.26 Å². The van der Waals surface area contributed by atoms with Crippen molar-refractivity contribution in [3.8, 4) is 6.07 Å². The van der Waals surface area contributed by atoms with Gasteiger partial charge in [0.05, 0.1) is 11.6 Å². The van der Waals surface area contributed by atoms with Crippen molar-refractivity contribution in [2.75, 3.05) is 0 Å². The number of aromatic amines is 1. The third-order valence-corrected chi connectivity index (χ3v) is 3.37. The molecule has 6 nitrogen and oxygen atoms in total. The van der Waals surface area contributed by atoms with Crippen LogP contribution in [0.5, 0.6) is 0 Å². The molecule has 2 aromatic heterocycles. The molecule has 0 bridgehead atoms. The number of H-pyrrole nitrogens is 1. The molecule has 19 heavy (non-hydrogen) atoms. The monoisotopic (exact) mass is 295 g/mol. The number of nitrogens with zero attached hydrogens (tertiary/aromatic N) is 4. The molecular formula is C11H10ClN5OS. The summed E-state index contributed by atoms with van der Waals surface area (Å²) >= 11 is 7.01. The van der Waals surface area contributed by atoms with Gasteiger partial charge in [-0.15, -0.1) is 5.10 Å². The molecule has 0 aromatic carbocycles. The highest BCUT2D eigenvalue weighted by atomic mass is 35.5. The topological polar surface area (TPSA) is 87.4 Å². The molecule has 2 aromatic rings. The number of pyridine rings is 1. The molecule has 0 saturated carbocycles. The van der Waals surface area contributed by atoms with Crippen LogP contribution in [0, 0.1) is 11.3 Å². The van der Waals surface area contributed by atoms with Crippen LogP contribution < -0.4 is 5.69 Å². The van der Waals surface area contributed by atoms with E-state index in [1.54, 1.807) is 6.07 Å². The minimum atomic E-state index is -0.278. The zero-order chi connectivity index (χ0) is 14.0. The second kappa shape index (κ2) is 5.47. The Morgan fingerprint density at radius 3 is 2.89 bits per heavy atom. The lowest BCUT2D eigenvalue weighted by Crippen LogP contribution is -2.19. The van der Waals surface area contributed by atoms with E-state index in [1.807, 2.05) is 19.9 Å². The second-order valence-electron chi connectivity index (χ2n) is 4.01. The molecule has 0 spiro atoms. The Balaban J connectivity index is 2.40. The summed E-state index contributed by atoms with van der Waals surface area (Å²) in [5, 5.41) is 16.4. The Bertz CT molecular complexity index is 700. The third kappa shape index (κ3) is 2.97. The molecule has 2 rings (SSSR count). The van der Waals surface area contributed by atoms with Gasteiger partial charge < -0.3 is 0 Å². The Kier molecular flexibility index (Phi) is 3.93. The van der Waals surface area contributed by atoms with Gasteiger partial charge >= 0.3 is 5.69 Å². The molecule has 0 amide bonds. The zero-order valence-corrected chi connectivity index (χ0v) is 11.8. The molecule has 0 unspecified atom stereocenters. The van der Waals surface area contributed by atoms with Crippen molar-refractivity contribution < 1.29 is 0 Å². The van der Waals surface area contributed by atoms with Crippen molar-refractivity contribution in [3.63, 3.8) is 0 Å². The fraction of sp³-hybridized carbons (Fsp3) is 0.273. The van der Waals surface area contributed by atoms with E-state index in [4.69, 9.17) is 16.9 Å². The van der Waals surface area contributed by atoms with Gasteiger partial charge in [-0.1, -0.05) is 11.6 Å². The minimum Gasteiger partial charge on any atom is -0.267 e. The standard InChI is InChI=1S/C11H10ClN5OS/c1-6(2)17-10(18)15-16-11(17)19-9-4-7(5-13)3-8(12)14-9/h3-4,6H,1-2H3,(H,15,18). The van der Waals surface area contributed by atoms with Crippen LogP contribution in [0.25, 0.3) is 0 Å². The average molecular weight is 296 g/mol. The van der Waals surface area contributed by atoms with Crippen molar-refractivity contribution >= 4 is 23.4 Å². The zero-order valence-electron chi connectivity index (χ0n) is 10.2. The molecule has 0 radical (unpaired) electrons.